The third-order valence-corrected chi connectivity index (χ3v) is 2.95. The van der Waals surface area contributed by atoms with Gasteiger partial charge in [0.2, 0.25) is 0 Å². The molecule has 2 N–H and O–H groups in total. The van der Waals surface area contributed by atoms with E-state index in [1.807, 2.05) is 6.07 Å². The maximum absolute atomic E-state index is 11.9. The maximum Gasteiger partial charge on any atom is 0.321 e. The third kappa shape index (κ3) is 2.99. The van der Waals surface area contributed by atoms with Crippen molar-refractivity contribution in [2.45, 2.75) is 18.9 Å². The van der Waals surface area contributed by atoms with E-state index < -0.39 is 6.10 Å². The lowest BCUT2D eigenvalue weighted by atomic mass is 10.1. The second kappa shape index (κ2) is 5.52. The van der Waals surface area contributed by atoms with E-state index in [4.69, 9.17) is 5.26 Å². The largest absolute Gasteiger partial charge is 0.391 e. The first kappa shape index (κ1) is 12.4. The van der Waals surface area contributed by atoms with Crippen LogP contribution in [0.3, 0.4) is 0 Å². The zero-order chi connectivity index (χ0) is 13.0. The predicted octanol–water partition coefficient (Wildman–Crippen LogP) is 1.55. The average molecular weight is 245 g/mol. The topological polar surface area (TPSA) is 76.4 Å². The molecule has 0 bridgehead atoms. The molecule has 0 aromatic heterocycles. The van der Waals surface area contributed by atoms with Crippen molar-refractivity contribution in [3.05, 3.63) is 29.8 Å². The second-order valence-corrected chi connectivity index (χ2v) is 4.36. The number of aliphatic hydroxyl groups is 1. The molecule has 0 spiro atoms. The molecular weight excluding hydrogens is 230 g/mol. The van der Waals surface area contributed by atoms with Crippen molar-refractivity contribution >= 4 is 11.7 Å². The quantitative estimate of drug-likeness (QED) is 0.788. The van der Waals surface area contributed by atoms with Crippen LogP contribution in [0.1, 0.15) is 18.4 Å². The highest BCUT2D eigenvalue weighted by molar-refractivity contribution is 5.89. The number of anilines is 1. The molecule has 2 amide bonds. The summed E-state index contributed by atoms with van der Waals surface area (Å²) in [6.07, 6.45) is 1.15. The first-order chi connectivity index (χ1) is 8.69. The first-order valence-electron chi connectivity index (χ1n) is 5.93. The second-order valence-electron chi connectivity index (χ2n) is 4.36. The van der Waals surface area contributed by atoms with Gasteiger partial charge in [0, 0.05) is 18.8 Å². The number of benzene rings is 1. The number of nitrogens with zero attached hydrogens (tertiary/aromatic N) is 2. The fourth-order valence-electron chi connectivity index (χ4n) is 1.97. The fourth-order valence-corrected chi connectivity index (χ4v) is 1.97. The highest BCUT2D eigenvalue weighted by Crippen LogP contribution is 2.13. The van der Waals surface area contributed by atoms with Crippen LogP contribution in [-0.4, -0.2) is 35.2 Å². The Balaban J connectivity index is 1.96. The molecule has 0 aliphatic carbocycles. The van der Waals surface area contributed by atoms with Crippen molar-refractivity contribution in [1.29, 1.82) is 5.26 Å². The molecule has 1 heterocycles. The van der Waals surface area contributed by atoms with Crippen LogP contribution in [0, 0.1) is 11.3 Å². The van der Waals surface area contributed by atoms with Crippen LogP contribution in [-0.2, 0) is 0 Å². The number of urea groups is 1. The van der Waals surface area contributed by atoms with E-state index in [0.29, 0.717) is 24.3 Å². The fraction of sp³-hybridized carbons (Fsp3) is 0.385. The molecule has 1 saturated heterocycles. The number of hydrogen-bond donors (Lipinski definition) is 2. The van der Waals surface area contributed by atoms with Crippen molar-refractivity contribution in [2.24, 2.45) is 0 Å². The molecule has 1 fully saturated rings. The number of β-amino-alcohol motifs (C(OH)–C–C–N with tert-alkyl or cyclic N) is 1. The van der Waals surface area contributed by atoms with Gasteiger partial charge in [-0.3, -0.25) is 0 Å². The number of piperidine rings is 1. The van der Waals surface area contributed by atoms with Crippen LogP contribution in [0.25, 0.3) is 0 Å². The highest BCUT2D eigenvalue weighted by Gasteiger charge is 2.21. The van der Waals surface area contributed by atoms with E-state index in [1.54, 1.807) is 29.2 Å². The Morgan fingerprint density at radius 2 is 2.17 bits per heavy atom. The Bertz CT molecular complexity index is 464. The molecule has 18 heavy (non-hydrogen) atoms. The van der Waals surface area contributed by atoms with Crippen LogP contribution in [0.4, 0.5) is 10.5 Å². The van der Waals surface area contributed by atoms with Crippen LogP contribution < -0.4 is 5.32 Å². The first-order valence-corrected chi connectivity index (χ1v) is 5.93. The summed E-state index contributed by atoms with van der Waals surface area (Å²) in [5.74, 6) is 0. The van der Waals surface area contributed by atoms with Crippen molar-refractivity contribution in [3.63, 3.8) is 0 Å². The number of likely N-dealkylation sites (tertiary alicyclic amines) is 1. The van der Waals surface area contributed by atoms with E-state index in [0.717, 1.165) is 12.8 Å². The highest BCUT2D eigenvalue weighted by atomic mass is 16.3. The predicted molar refractivity (Wildman–Crippen MR) is 67.0 cm³/mol. The summed E-state index contributed by atoms with van der Waals surface area (Å²) in [5.41, 5.74) is 1.21. The SMILES string of the molecule is N#Cc1ccc(NC(=O)N2CCCC(O)C2)cc1. The summed E-state index contributed by atoms with van der Waals surface area (Å²) < 4.78 is 0. The minimum Gasteiger partial charge on any atom is -0.391 e. The van der Waals surface area contributed by atoms with Gasteiger partial charge >= 0.3 is 6.03 Å². The minimum absolute atomic E-state index is 0.210. The summed E-state index contributed by atoms with van der Waals surface area (Å²) in [6.45, 7) is 1.04. The molecule has 1 aromatic carbocycles. The Morgan fingerprint density at radius 3 is 2.78 bits per heavy atom. The molecule has 1 aliphatic heterocycles. The number of carbonyl (C=O) groups excluding carboxylic acids is 1. The van der Waals surface area contributed by atoms with E-state index >= 15 is 0 Å². The smallest absolute Gasteiger partial charge is 0.321 e. The lowest BCUT2D eigenvalue weighted by Gasteiger charge is -2.30. The van der Waals surface area contributed by atoms with Gasteiger partial charge in [0.15, 0.2) is 0 Å². The summed E-state index contributed by atoms with van der Waals surface area (Å²) in [7, 11) is 0. The summed E-state index contributed by atoms with van der Waals surface area (Å²) >= 11 is 0. The molecule has 5 heteroatoms. The molecule has 5 nitrogen and oxygen atoms in total. The number of nitriles is 1. The summed E-state index contributed by atoms with van der Waals surface area (Å²) in [6, 6.07) is 8.50. The maximum atomic E-state index is 11.9. The van der Waals surface area contributed by atoms with E-state index in [2.05, 4.69) is 5.32 Å². The van der Waals surface area contributed by atoms with Gasteiger partial charge in [-0.2, -0.15) is 5.26 Å². The molecule has 1 aliphatic rings. The molecule has 1 unspecified atom stereocenters. The molecule has 0 radical (unpaired) electrons. The number of hydrogen-bond acceptors (Lipinski definition) is 3. The molecule has 1 atom stereocenters. The van der Waals surface area contributed by atoms with Crippen molar-refractivity contribution in [1.82, 2.24) is 4.90 Å². The van der Waals surface area contributed by atoms with Gasteiger partial charge in [0.05, 0.1) is 17.7 Å². The van der Waals surface area contributed by atoms with Gasteiger partial charge in [-0.1, -0.05) is 0 Å². The van der Waals surface area contributed by atoms with Crippen LogP contribution in [0.2, 0.25) is 0 Å². The molecule has 0 saturated carbocycles. The zero-order valence-corrected chi connectivity index (χ0v) is 9.97. The van der Waals surface area contributed by atoms with Gasteiger partial charge in [0.1, 0.15) is 0 Å². The van der Waals surface area contributed by atoms with Crippen LogP contribution in [0.5, 0.6) is 0 Å². The number of amides is 2. The Hall–Kier alpha value is -2.06. The van der Waals surface area contributed by atoms with Crippen molar-refractivity contribution < 1.29 is 9.90 Å². The lowest BCUT2D eigenvalue weighted by Crippen LogP contribution is -2.44. The Morgan fingerprint density at radius 1 is 1.44 bits per heavy atom. The normalized spacial score (nSPS) is 19.1. The Labute approximate surface area is 106 Å². The molecular formula is C13H15N3O2. The van der Waals surface area contributed by atoms with Gasteiger partial charge in [-0.05, 0) is 37.1 Å². The van der Waals surface area contributed by atoms with E-state index in [-0.39, 0.29) is 6.03 Å². The minimum atomic E-state index is -0.425. The van der Waals surface area contributed by atoms with Crippen LogP contribution in [0.15, 0.2) is 24.3 Å². The van der Waals surface area contributed by atoms with E-state index in [9.17, 15) is 9.90 Å². The number of aliphatic hydroxyl groups excluding tert-OH is 1. The van der Waals surface area contributed by atoms with Gasteiger partial charge in [0.25, 0.3) is 0 Å². The number of carbonyl (C=O) groups is 1. The van der Waals surface area contributed by atoms with Crippen molar-refractivity contribution in [3.8, 4) is 6.07 Å². The molecule has 1 aromatic rings. The standard InChI is InChI=1S/C13H15N3O2/c14-8-10-3-5-11(6-4-10)15-13(18)16-7-1-2-12(17)9-16/h3-6,12,17H,1-2,7,9H2,(H,15,18). The number of rotatable bonds is 1. The zero-order valence-electron chi connectivity index (χ0n) is 9.97. The summed E-state index contributed by atoms with van der Waals surface area (Å²) in [4.78, 5) is 13.5. The Kier molecular flexibility index (Phi) is 3.80. The monoisotopic (exact) mass is 245 g/mol. The van der Waals surface area contributed by atoms with Gasteiger partial charge in [-0.15, -0.1) is 0 Å². The third-order valence-electron chi connectivity index (χ3n) is 2.95. The van der Waals surface area contributed by atoms with Gasteiger partial charge < -0.3 is 15.3 Å². The lowest BCUT2D eigenvalue weighted by molar-refractivity contribution is 0.0883. The van der Waals surface area contributed by atoms with Crippen molar-refractivity contribution in [2.75, 3.05) is 18.4 Å². The summed E-state index contributed by atoms with van der Waals surface area (Å²) in [5, 5.41) is 20.9. The number of nitrogens with one attached hydrogen (secondary N) is 1. The average Bonchev–Trinajstić information content (AvgIpc) is 2.39. The van der Waals surface area contributed by atoms with Gasteiger partial charge in [-0.25, -0.2) is 4.79 Å². The molecule has 2 rings (SSSR count). The van der Waals surface area contributed by atoms with E-state index in [1.165, 1.54) is 0 Å². The van der Waals surface area contributed by atoms with Crippen LogP contribution >= 0.6 is 0 Å². The molecule has 94 valence electrons.